The molecular weight excluding hydrogens is 361 g/mol. The number of fused-ring (bicyclic) bond motifs is 1. The molecule has 2 unspecified atom stereocenters. The number of nitrogens with zero attached hydrogens (tertiary/aromatic N) is 3. The minimum absolute atomic E-state index is 0.0288. The first-order valence-electron chi connectivity index (χ1n) is 8.49. The zero-order valence-corrected chi connectivity index (χ0v) is 14.7. The number of alkyl halides is 3. The first-order valence-corrected chi connectivity index (χ1v) is 8.49. The number of methoxy groups -OCH3 is 1. The number of nitrogens with one attached hydrogen (secondary N) is 1. The Morgan fingerprint density at radius 1 is 1.26 bits per heavy atom. The third-order valence-electron chi connectivity index (χ3n) is 4.81. The lowest BCUT2D eigenvalue weighted by atomic mass is 9.81. The van der Waals surface area contributed by atoms with E-state index in [9.17, 15) is 18.0 Å². The SMILES string of the molecule is COc1ccccc1C1C2=C(CC(C)CC2=O)Nc2nc(C(F)(F)F)nn21. The average Bonchev–Trinajstić information content (AvgIpc) is 3.03. The van der Waals surface area contributed by atoms with Crippen molar-refractivity contribution >= 4 is 11.7 Å². The van der Waals surface area contributed by atoms with E-state index in [0.29, 0.717) is 35.4 Å². The smallest absolute Gasteiger partial charge is 0.453 e. The van der Waals surface area contributed by atoms with Crippen LogP contribution in [0.15, 0.2) is 35.5 Å². The van der Waals surface area contributed by atoms with Crippen molar-refractivity contribution in [2.45, 2.75) is 32.0 Å². The number of carbonyl (C=O) groups is 1. The Hall–Kier alpha value is -2.84. The van der Waals surface area contributed by atoms with Crippen LogP contribution in [0.2, 0.25) is 0 Å². The predicted molar refractivity (Wildman–Crippen MR) is 90.2 cm³/mol. The van der Waals surface area contributed by atoms with Gasteiger partial charge in [-0.25, -0.2) is 4.68 Å². The van der Waals surface area contributed by atoms with Crippen molar-refractivity contribution in [3.63, 3.8) is 0 Å². The highest BCUT2D eigenvalue weighted by Crippen LogP contribution is 2.44. The average molecular weight is 378 g/mol. The molecular formula is C18H17F3N4O2. The molecule has 0 saturated heterocycles. The fraction of sp³-hybridized carbons (Fsp3) is 0.389. The fourth-order valence-corrected chi connectivity index (χ4v) is 3.71. The van der Waals surface area contributed by atoms with E-state index in [-0.39, 0.29) is 17.6 Å². The van der Waals surface area contributed by atoms with Gasteiger partial charge in [-0.2, -0.15) is 18.2 Å². The highest BCUT2D eigenvalue weighted by Gasteiger charge is 2.43. The van der Waals surface area contributed by atoms with Gasteiger partial charge in [-0.1, -0.05) is 25.1 Å². The molecule has 1 aromatic carbocycles. The van der Waals surface area contributed by atoms with Gasteiger partial charge in [0.15, 0.2) is 5.78 Å². The standard InChI is InChI=1S/C18H17F3N4O2/c1-9-7-11-14(12(26)8-9)15(10-5-3-4-6-13(10)27-2)25-17(22-11)23-16(24-25)18(19,20)21/h3-6,9,15H,7-8H2,1-2H3,(H,22,23,24). The lowest BCUT2D eigenvalue weighted by Crippen LogP contribution is -2.33. The van der Waals surface area contributed by atoms with Crippen LogP contribution in [0.25, 0.3) is 0 Å². The molecule has 1 N–H and O–H groups in total. The van der Waals surface area contributed by atoms with Crippen molar-refractivity contribution < 1.29 is 22.7 Å². The maximum Gasteiger partial charge on any atom is 0.453 e. The molecule has 4 rings (SSSR count). The minimum atomic E-state index is -4.69. The number of ether oxygens (including phenoxy) is 1. The molecule has 27 heavy (non-hydrogen) atoms. The predicted octanol–water partition coefficient (Wildman–Crippen LogP) is 3.57. The summed E-state index contributed by atoms with van der Waals surface area (Å²) in [6.07, 6.45) is -3.79. The first-order chi connectivity index (χ1) is 12.8. The zero-order chi connectivity index (χ0) is 19.3. The third kappa shape index (κ3) is 2.87. The van der Waals surface area contributed by atoms with Gasteiger partial charge in [0, 0.05) is 23.3 Å². The monoisotopic (exact) mass is 378 g/mol. The quantitative estimate of drug-likeness (QED) is 0.865. The van der Waals surface area contributed by atoms with Gasteiger partial charge in [-0.05, 0) is 18.4 Å². The molecule has 0 radical (unpaired) electrons. The Balaban J connectivity index is 1.95. The van der Waals surface area contributed by atoms with Gasteiger partial charge in [0.1, 0.15) is 11.8 Å². The molecule has 6 nitrogen and oxygen atoms in total. The van der Waals surface area contributed by atoms with E-state index in [1.807, 2.05) is 6.92 Å². The maximum absolute atomic E-state index is 13.2. The van der Waals surface area contributed by atoms with Gasteiger partial charge in [-0.15, -0.1) is 5.10 Å². The molecule has 1 aromatic heterocycles. The van der Waals surface area contributed by atoms with Crippen molar-refractivity contribution in [3.8, 4) is 5.75 Å². The van der Waals surface area contributed by atoms with E-state index < -0.39 is 18.0 Å². The van der Waals surface area contributed by atoms with Gasteiger partial charge in [0.2, 0.25) is 5.95 Å². The summed E-state index contributed by atoms with van der Waals surface area (Å²) in [5.74, 6) is -0.817. The number of hydrogen-bond acceptors (Lipinski definition) is 5. The van der Waals surface area contributed by atoms with Crippen LogP contribution >= 0.6 is 0 Å². The minimum Gasteiger partial charge on any atom is -0.496 e. The Bertz CT molecular complexity index is 948. The van der Waals surface area contributed by atoms with E-state index in [1.165, 1.54) is 7.11 Å². The molecule has 2 aliphatic rings. The summed E-state index contributed by atoms with van der Waals surface area (Å²) in [6, 6.07) is 6.11. The highest BCUT2D eigenvalue weighted by molar-refractivity contribution is 5.99. The van der Waals surface area contributed by atoms with Crippen LogP contribution in [-0.4, -0.2) is 27.7 Å². The zero-order valence-electron chi connectivity index (χ0n) is 14.7. The van der Waals surface area contributed by atoms with E-state index in [0.717, 1.165) is 4.68 Å². The molecule has 142 valence electrons. The van der Waals surface area contributed by atoms with Crippen LogP contribution < -0.4 is 10.1 Å². The lowest BCUT2D eigenvalue weighted by Gasteiger charge is -2.34. The van der Waals surface area contributed by atoms with Crippen LogP contribution in [0.1, 0.15) is 37.2 Å². The van der Waals surface area contributed by atoms with Crippen molar-refractivity contribution in [3.05, 3.63) is 46.9 Å². The third-order valence-corrected chi connectivity index (χ3v) is 4.81. The summed E-state index contributed by atoms with van der Waals surface area (Å²) < 4.78 is 46.1. The first kappa shape index (κ1) is 17.6. The van der Waals surface area contributed by atoms with E-state index in [1.54, 1.807) is 24.3 Å². The summed E-state index contributed by atoms with van der Waals surface area (Å²) in [5.41, 5.74) is 1.59. The Morgan fingerprint density at radius 3 is 2.70 bits per heavy atom. The number of benzene rings is 1. The van der Waals surface area contributed by atoms with Crippen LogP contribution in [-0.2, 0) is 11.0 Å². The number of Topliss-reactive ketones (excluding diaryl/α,β-unsaturated/α-hetero) is 1. The van der Waals surface area contributed by atoms with Crippen molar-refractivity contribution in [2.75, 3.05) is 12.4 Å². The number of hydrogen-bond donors (Lipinski definition) is 1. The van der Waals surface area contributed by atoms with Crippen LogP contribution in [0.5, 0.6) is 5.75 Å². The van der Waals surface area contributed by atoms with Gasteiger partial charge in [-0.3, -0.25) is 4.79 Å². The molecule has 0 saturated carbocycles. The molecule has 0 spiro atoms. The molecule has 0 fully saturated rings. The number of carbonyl (C=O) groups excluding carboxylic acids is 1. The summed E-state index contributed by atoms with van der Waals surface area (Å²) in [6.45, 7) is 1.93. The molecule has 0 amide bonds. The second-order valence-corrected chi connectivity index (χ2v) is 6.80. The number of ketones is 1. The Morgan fingerprint density at radius 2 is 2.00 bits per heavy atom. The summed E-state index contributed by atoms with van der Waals surface area (Å²) in [5, 5.41) is 6.57. The molecule has 9 heteroatoms. The molecule has 2 atom stereocenters. The molecule has 1 aliphatic heterocycles. The summed E-state index contributed by atoms with van der Waals surface area (Å²) in [7, 11) is 1.48. The fourth-order valence-electron chi connectivity index (χ4n) is 3.71. The molecule has 2 heterocycles. The number of halogens is 3. The van der Waals surface area contributed by atoms with Gasteiger partial charge >= 0.3 is 6.18 Å². The Labute approximate surface area is 153 Å². The number of anilines is 1. The second kappa shape index (κ2) is 6.11. The van der Waals surface area contributed by atoms with Crippen molar-refractivity contribution in [1.29, 1.82) is 0 Å². The normalized spacial score (nSPS) is 22.2. The largest absolute Gasteiger partial charge is 0.496 e. The highest BCUT2D eigenvalue weighted by atomic mass is 19.4. The van der Waals surface area contributed by atoms with Gasteiger partial charge in [0.05, 0.1) is 7.11 Å². The van der Waals surface area contributed by atoms with Gasteiger partial charge in [0.25, 0.3) is 5.82 Å². The number of allylic oxidation sites excluding steroid dienone is 2. The van der Waals surface area contributed by atoms with E-state index in [2.05, 4.69) is 15.4 Å². The van der Waals surface area contributed by atoms with Crippen molar-refractivity contribution in [2.24, 2.45) is 5.92 Å². The summed E-state index contributed by atoms with van der Waals surface area (Å²) in [4.78, 5) is 16.4. The van der Waals surface area contributed by atoms with E-state index >= 15 is 0 Å². The number of aromatic nitrogens is 3. The van der Waals surface area contributed by atoms with E-state index in [4.69, 9.17) is 4.74 Å². The van der Waals surface area contributed by atoms with Crippen LogP contribution in [0.4, 0.5) is 19.1 Å². The van der Waals surface area contributed by atoms with Crippen molar-refractivity contribution in [1.82, 2.24) is 14.8 Å². The topological polar surface area (TPSA) is 69.0 Å². The molecule has 0 bridgehead atoms. The molecule has 1 aliphatic carbocycles. The lowest BCUT2D eigenvalue weighted by molar-refractivity contribution is -0.145. The Kier molecular flexibility index (Phi) is 3.97. The van der Waals surface area contributed by atoms with Gasteiger partial charge < -0.3 is 10.1 Å². The number of para-hydroxylation sites is 1. The second-order valence-electron chi connectivity index (χ2n) is 6.80. The van der Waals surface area contributed by atoms with Crippen LogP contribution in [0.3, 0.4) is 0 Å². The summed E-state index contributed by atoms with van der Waals surface area (Å²) >= 11 is 0. The molecule has 2 aromatic rings. The number of rotatable bonds is 2. The maximum atomic E-state index is 13.2. The van der Waals surface area contributed by atoms with Crippen LogP contribution in [0, 0.1) is 5.92 Å².